The van der Waals surface area contributed by atoms with Gasteiger partial charge in [0.1, 0.15) is 24.3 Å². The van der Waals surface area contributed by atoms with Gasteiger partial charge >= 0.3 is 20.2 Å². The van der Waals surface area contributed by atoms with Crippen LogP contribution in [0.5, 0.6) is 0 Å². The number of hydrogen-bond donors (Lipinski definition) is 6. The highest BCUT2D eigenvalue weighted by Gasteiger charge is 2.20. The van der Waals surface area contributed by atoms with Crippen molar-refractivity contribution in [2.45, 2.75) is 92.2 Å². The molecule has 0 amide bonds. The van der Waals surface area contributed by atoms with E-state index in [4.69, 9.17) is 15.7 Å². The largest absolute Gasteiger partial charge is 0.437 e. The lowest BCUT2D eigenvalue weighted by Gasteiger charge is -2.21. The van der Waals surface area contributed by atoms with Crippen LogP contribution in [0, 0.1) is 19.9 Å². The summed E-state index contributed by atoms with van der Waals surface area (Å²) in [5.41, 5.74) is 16.7. The van der Waals surface area contributed by atoms with Gasteiger partial charge in [-0.15, -0.1) is 0 Å². The lowest BCUT2D eigenvalue weighted by Crippen LogP contribution is -2.32. The lowest BCUT2D eigenvalue weighted by molar-refractivity contribution is 0.533. The molecule has 0 aliphatic heterocycles. The van der Waals surface area contributed by atoms with Crippen LogP contribution in [-0.4, -0.2) is 109 Å². The Morgan fingerprint density at radius 3 is 1.48 bits per heavy atom. The molecule has 4 atom stereocenters. The number of nitrogens with one attached hydrogen (secondary N) is 3. The summed E-state index contributed by atoms with van der Waals surface area (Å²) in [6.07, 6.45) is 3.87. The molecule has 6 heterocycles. The first-order valence-corrected chi connectivity index (χ1v) is 26.8. The number of aryl methyl sites for hydroxylation is 2. The zero-order valence-electron chi connectivity index (χ0n) is 47.3. The molecule has 0 bridgehead atoms. The molecule has 0 aliphatic rings. The van der Waals surface area contributed by atoms with Gasteiger partial charge in [0.25, 0.3) is 0 Å². The van der Waals surface area contributed by atoms with Crippen LogP contribution in [0.15, 0.2) is 146 Å². The summed E-state index contributed by atoms with van der Waals surface area (Å²) < 4.78 is 16.9. The second-order valence-electron chi connectivity index (χ2n) is 20.2. The van der Waals surface area contributed by atoms with Crippen LogP contribution in [0.2, 0.25) is 13.6 Å². The minimum Gasteiger partial charge on any atom is -0.437 e. The van der Waals surface area contributed by atoms with E-state index in [1.165, 1.54) is 29.3 Å². The molecule has 6 aromatic heterocycles. The molecule has 10 aromatic rings. The van der Waals surface area contributed by atoms with Crippen molar-refractivity contribution in [1.29, 1.82) is 0 Å². The van der Waals surface area contributed by atoms with E-state index < -0.39 is 20.2 Å². The van der Waals surface area contributed by atoms with Gasteiger partial charge in [-0.1, -0.05) is 109 Å². The highest BCUT2D eigenvalue weighted by Crippen LogP contribution is 2.29. The Kier molecular flexibility index (Phi) is 19.5. The Labute approximate surface area is 472 Å². The van der Waals surface area contributed by atoms with Crippen LogP contribution < -0.4 is 31.3 Å². The number of hydrogen-bond acceptors (Lipinski definition) is 18. The molecule has 0 spiro atoms. The Hall–Kier alpha value is -8.60. The maximum atomic E-state index is 13.6. The molecule has 0 saturated carbocycles. The van der Waals surface area contributed by atoms with Gasteiger partial charge in [-0.2, -0.15) is 33.6 Å². The summed E-state index contributed by atoms with van der Waals surface area (Å²) in [5.74, 6) is 2.70. The van der Waals surface area contributed by atoms with Crippen LogP contribution in [0.1, 0.15) is 73.4 Å². The third-order valence-electron chi connectivity index (χ3n) is 12.9. The number of aromatic nitrogens is 12. The molecule has 7 N–H and O–H groups in total. The Morgan fingerprint density at radius 1 is 0.568 bits per heavy atom. The van der Waals surface area contributed by atoms with Gasteiger partial charge in [0.15, 0.2) is 11.3 Å². The van der Waals surface area contributed by atoms with Crippen molar-refractivity contribution in [2.24, 2.45) is 5.73 Å². The van der Waals surface area contributed by atoms with E-state index in [1.54, 1.807) is 47.6 Å². The number of rotatable bonds is 18. The number of nitrogens with zero attached hydrogens (tertiary/aromatic N) is 14. The predicted molar refractivity (Wildman–Crippen MR) is 320 cm³/mol. The van der Waals surface area contributed by atoms with Crippen LogP contribution in [0.4, 0.5) is 33.9 Å². The maximum absolute atomic E-state index is 13.6. The average Bonchev–Trinajstić information content (AvgIpc) is 4.14. The topological polar surface area (TPSA) is 247 Å². The van der Waals surface area contributed by atoms with Crippen molar-refractivity contribution >= 4 is 54.9 Å². The monoisotopic (exact) mass is 1090 g/mol. The molecule has 0 aliphatic carbocycles. The van der Waals surface area contributed by atoms with Gasteiger partial charge < -0.3 is 31.6 Å². The van der Waals surface area contributed by atoms with Crippen LogP contribution in [0.3, 0.4) is 0 Å². The molecular formula is C58H69B2FN18O2. The zero-order valence-corrected chi connectivity index (χ0v) is 47.3. The highest BCUT2D eigenvalue weighted by molar-refractivity contribution is 6.45. The van der Waals surface area contributed by atoms with Gasteiger partial charge in [-0.05, 0) is 90.3 Å². The third-order valence-corrected chi connectivity index (χ3v) is 12.9. The van der Waals surface area contributed by atoms with Crippen LogP contribution >= 0.6 is 0 Å². The van der Waals surface area contributed by atoms with Gasteiger partial charge in [0.05, 0.1) is 11.4 Å². The van der Waals surface area contributed by atoms with Gasteiger partial charge in [-0.3, -0.25) is 9.80 Å². The molecule has 0 saturated heterocycles. The second-order valence-corrected chi connectivity index (χ2v) is 20.2. The first kappa shape index (κ1) is 58.5. The summed E-state index contributed by atoms with van der Waals surface area (Å²) in [5, 5.41) is 37.2. The van der Waals surface area contributed by atoms with Crippen molar-refractivity contribution in [2.75, 3.05) is 29.2 Å². The Balaban J connectivity index is 0.000000178. The predicted octanol–water partition coefficient (Wildman–Crippen LogP) is 8.60. The summed E-state index contributed by atoms with van der Waals surface area (Å²) in [7, 11) is 2.61. The van der Waals surface area contributed by atoms with Crippen molar-refractivity contribution in [3.05, 3.63) is 186 Å². The zero-order chi connectivity index (χ0) is 57.7. The number of benzene rings is 4. The Bertz CT molecular complexity index is 3630. The molecule has 20 nitrogen and oxygen atoms in total. The van der Waals surface area contributed by atoms with E-state index in [1.807, 2.05) is 125 Å². The molecule has 416 valence electrons. The normalized spacial score (nSPS) is 12.6. The summed E-state index contributed by atoms with van der Waals surface area (Å²) >= 11 is 0. The van der Waals surface area contributed by atoms with Gasteiger partial charge in [0, 0.05) is 85.0 Å². The number of fused-ring (bicyclic) bond motifs is 2. The lowest BCUT2D eigenvalue weighted by atomic mass is 9.86. The molecule has 0 radical (unpaired) electrons. The molecule has 4 aromatic carbocycles. The number of anilines is 5. The molecular weight excluding hydrogens is 1020 g/mol. The van der Waals surface area contributed by atoms with E-state index in [-0.39, 0.29) is 24.2 Å². The minimum absolute atomic E-state index is 0.0480. The fraction of sp³-hybridized carbons (Fsp3) is 0.276. The van der Waals surface area contributed by atoms with Gasteiger partial charge in [0.2, 0.25) is 17.8 Å². The van der Waals surface area contributed by atoms with E-state index in [9.17, 15) is 14.4 Å². The summed E-state index contributed by atoms with van der Waals surface area (Å²) in [4.78, 5) is 38.8. The standard InChI is InChI=1S/C29H34BN9O.C17H14FN7.C12H21BN2O/c1-19(14-22-10-9-13-24(16-22)21(3)37-30(4)40)33-28-34-20(2)15-27(36-28)38(5)29-35-25(23-11-7-6-8-12-23)17-26-31-18-32-39(26)29;1-11-8-15(23-16(18)21-11)24(2)17-22-13(12-6-4-3-5-7-12)9-14-19-10-20-25(14)17;1-9(14)7-11-5-4-6-12(8-11)10(2)15-13(3)16/h6-13,15-19,21,37,40H,14H2,1-5H3,(H,33,34,36);3-10H,1-2H3;4-6,8-10,15-16H,7,14H2,1-3H3/t19-,21+;;9-,10+/m0.0/s1. The molecule has 0 unspecified atom stereocenters. The highest BCUT2D eigenvalue weighted by atomic mass is 19.1. The first-order valence-electron chi connectivity index (χ1n) is 26.8. The van der Waals surface area contributed by atoms with Crippen molar-refractivity contribution < 1.29 is 14.4 Å². The average molecular weight is 1090 g/mol. The van der Waals surface area contributed by atoms with Gasteiger partial charge in [-0.25, -0.2) is 29.9 Å². The van der Waals surface area contributed by atoms with Crippen LogP contribution in [-0.2, 0) is 12.8 Å². The summed E-state index contributed by atoms with van der Waals surface area (Å²) in [6, 6.07) is 44.3. The smallest absolute Gasteiger partial charge is 0.374 e. The van der Waals surface area contributed by atoms with E-state index in [0.717, 1.165) is 46.6 Å². The second kappa shape index (κ2) is 27.0. The fourth-order valence-corrected chi connectivity index (χ4v) is 9.15. The van der Waals surface area contributed by atoms with Crippen molar-refractivity contribution in [3.63, 3.8) is 0 Å². The quantitative estimate of drug-likeness (QED) is 0.0348. The molecule has 23 heteroatoms. The first-order chi connectivity index (χ1) is 38.9. The number of nitrogens with two attached hydrogens (primary N) is 1. The van der Waals surface area contributed by atoms with Crippen molar-refractivity contribution in [3.8, 4) is 22.5 Å². The van der Waals surface area contributed by atoms with Crippen molar-refractivity contribution in [1.82, 2.24) is 69.6 Å². The Morgan fingerprint density at radius 2 is 1.02 bits per heavy atom. The minimum atomic E-state index is -0.782. The fourth-order valence-electron chi connectivity index (χ4n) is 9.15. The van der Waals surface area contributed by atoms with E-state index in [2.05, 4.69) is 105 Å². The van der Waals surface area contributed by atoms with Crippen LogP contribution in [0.25, 0.3) is 33.8 Å². The SMILES string of the molecule is CB(O)N[C@H](C)c1cccc(C[C@H](C)N)c1.CB(O)N[C@H](C)c1cccc(C[C@H](C)Nc2nc(C)cc(N(C)c3nc(-c4ccccc4)cc4ncnn34)n2)c1.Cc1cc(N(C)c2nc(-c3ccccc3)cc3ncnn23)nc(F)n1. The molecule has 10 rings (SSSR count). The molecule has 0 fully saturated rings. The number of halogens is 1. The van der Waals surface area contributed by atoms with E-state index >= 15 is 0 Å². The van der Waals surface area contributed by atoms with E-state index in [0.29, 0.717) is 46.5 Å². The summed E-state index contributed by atoms with van der Waals surface area (Å²) in [6.45, 7) is 15.3. The third kappa shape index (κ3) is 15.8. The molecule has 81 heavy (non-hydrogen) atoms. The maximum Gasteiger partial charge on any atom is 0.374 e.